The maximum absolute atomic E-state index is 12.7. The molecule has 2 aromatic carbocycles. The fourth-order valence-electron chi connectivity index (χ4n) is 3.78. The van der Waals surface area contributed by atoms with Gasteiger partial charge >= 0.3 is 0 Å². The van der Waals surface area contributed by atoms with Gasteiger partial charge in [0.15, 0.2) is 0 Å². The fraction of sp³-hybridized carbons (Fsp3) is 0.100. The number of nitrogens with zero attached hydrogens (tertiary/aromatic N) is 1. The summed E-state index contributed by atoms with van der Waals surface area (Å²) in [5, 5.41) is 29.3. The molecule has 2 amide bonds. The Morgan fingerprint density at radius 3 is 1.85 bits per heavy atom. The van der Waals surface area contributed by atoms with Crippen LogP contribution in [0.15, 0.2) is 72.3 Å². The van der Waals surface area contributed by atoms with Crippen LogP contribution in [0.3, 0.4) is 0 Å². The van der Waals surface area contributed by atoms with Crippen molar-refractivity contribution in [2.75, 3.05) is 0 Å². The summed E-state index contributed by atoms with van der Waals surface area (Å²) in [6.45, 7) is 0. The molecule has 2 aliphatic rings. The van der Waals surface area contributed by atoms with E-state index in [1.807, 2.05) is 0 Å². The Bertz CT molecular complexity index is 911. The van der Waals surface area contributed by atoms with E-state index in [0.717, 1.165) is 0 Å². The first-order valence-corrected chi connectivity index (χ1v) is 8.01. The maximum atomic E-state index is 12.7. The molecule has 6 heteroatoms. The predicted molar refractivity (Wildman–Crippen MR) is 91.3 cm³/mol. The van der Waals surface area contributed by atoms with Gasteiger partial charge in [0, 0.05) is 5.57 Å². The zero-order valence-electron chi connectivity index (χ0n) is 13.5. The van der Waals surface area contributed by atoms with Crippen molar-refractivity contribution in [3.8, 4) is 11.5 Å². The molecule has 1 atom stereocenters. The molecule has 1 fully saturated rings. The Morgan fingerprint density at radius 2 is 1.35 bits per heavy atom. The topological polar surface area (TPSA) is 98.1 Å². The van der Waals surface area contributed by atoms with E-state index in [-0.39, 0.29) is 22.1 Å². The first-order chi connectivity index (χ1) is 12.4. The third-order valence-corrected chi connectivity index (χ3v) is 4.99. The Morgan fingerprint density at radius 1 is 0.846 bits per heavy atom. The summed E-state index contributed by atoms with van der Waals surface area (Å²) < 4.78 is 0. The fourth-order valence-corrected chi connectivity index (χ4v) is 3.78. The number of benzene rings is 2. The van der Waals surface area contributed by atoms with Crippen molar-refractivity contribution in [3.63, 3.8) is 0 Å². The van der Waals surface area contributed by atoms with Gasteiger partial charge in [0.1, 0.15) is 11.5 Å². The average Bonchev–Trinajstić information content (AvgIpc) is 2.87. The molecule has 0 saturated carbocycles. The molecule has 1 aliphatic heterocycles. The molecule has 6 nitrogen and oxygen atoms in total. The Labute approximate surface area is 148 Å². The van der Waals surface area contributed by atoms with E-state index in [0.29, 0.717) is 11.1 Å². The van der Waals surface area contributed by atoms with Crippen molar-refractivity contribution in [1.82, 2.24) is 5.06 Å². The summed E-state index contributed by atoms with van der Waals surface area (Å²) >= 11 is 0. The summed E-state index contributed by atoms with van der Waals surface area (Å²) in [5.41, 5.74) is 0.477. The number of rotatable bonds is 2. The van der Waals surface area contributed by atoms with Crippen LogP contribution >= 0.6 is 0 Å². The second-order valence-corrected chi connectivity index (χ2v) is 6.33. The molecule has 0 spiro atoms. The van der Waals surface area contributed by atoms with Crippen molar-refractivity contribution in [1.29, 1.82) is 0 Å². The second kappa shape index (κ2) is 5.57. The summed E-state index contributed by atoms with van der Waals surface area (Å²) in [4.78, 5) is 25.0. The van der Waals surface area contributed by atoms with Crippen LogP contribution in [0.2, 0.25) is 0 Å². The van der Waals surface area contributed by atoms with Crippen LogP contribution in [0.4, 0.5) is 0 Å². The highest BCUT2D eigenvalue weighted by Crippen LogP contribution is 2.49. The van der Waals surface area contributed by atoms with Crippen molar-refractivity contribution < 1.29 is 25.0 Å². The minimum absolute atomic E-state index is 0.0720. The van der Waals surface area contributed by atoms with E-state index < -0.39 is 23.1 Å². The third-order valence-electron chi connectivity index (χ3n) is 4.99. The lowest BCUT2D eigenvalue weighted by Gasteiger charge is -2.38. The third kappa shape index (κ3) is 2.09. The average molecular weight is 349 g/mol. The predicted octanol–water partition coefficient (Wildman–Crippen LogP) is 2.25. The molecule has 1 heterocycles. The van der Waals surface area contributed by atoms with Crippen LogP contribution in [0.1, 0.15) is 11.1 Å². The smallest absolute Gasteiger partial charge is 0.281 e. The van der Waals surface area contributed by atoms with Crippen molar-refractivity contribution >= 4 is 11.8 Å². The molecular formula is C20H15NO5. The lowest BCUT2D eigenvalue weighted by molar-refractivity contribution is -0.172. The zero-order chi connectivity index (χ0) is 18.5. The van der Waals surface area contributed by atoms with Gasteiger partial charge in [0.2, 0.25) is 0 Å². The molecule has 0 bridgehead atoms. The van der Waals surface area contributed by atoms with E-state index >= 15 is 0 Å². The number of carbonyl (C=O) groups excluding carboxylic acids is 2. The zero-order valence-corrected chi connectivity index (χ0v) is 13.5. The van der Waals surface area contributed by atoms with Crippen LogP contribution in [-0.4, -0.2) is 32.3 Å². The Kier molecular flexibility index (Phi) is 3.45. The monoisotopic (exact) mass is 349 g/mol. The van der Waals surface area contributed by atoms with Crippen molar-refractivity contribution in [2.45, 2.75) is 5.41 Å². The number of fused-ring (bicyclic) bond motifs is 1. The van der Waals surface area contributed by atoms with Crippen molar-refractivity contribution in [2.24, 2.45) is 5.92 Å². The number of allylic oxidation sites excluding steroid dienone is 3. The maximum Gasteiger partial charge on any atom is 0.281 e. The first-order valence-electron chi connectivity index (χ1n) is 8.01. The minimum atomic E-state index is -1.06. The van der Waals surface area contributed by atoms with Crippen LogP contribution < -0.4 is 0 Å². The number of hydroxylamine groups is 2. The van der Waals surface area contributed by atoms with E-state index in [1.54, 1.807) is 36.4 Å². The van der Waals surface area contributed by atoms with Gasteiger partial charge in [-0.25, -0.2) is 0 Å². The molecule has 0 radical (unpaired) electrons. The van der Waals surface area contributed by atoms with Crippen molar-refractivity contribution in [3.05, 3.63) is 83.5 Å². The lowest BCUT2D eigenvalue weighted by Crippen LogP contribution is -2.41. The van der Waals surface area contributed by atoms with E-state index in [2.05, 4.69) is 0 Å². The van der Waals surface area contributed by atoms with Gasteiger partial charge in [-0.15, -0.1) is 0 Å². The minimum Gasteiger partial charge on any atom is -0.508 e. The Balaban J connectivity index is 2.01. The normalized spacial score (nSPS) is 20.9. The number of amides is 2. The summed E-state index contributed by atoms with van der Waals surface area (Å²) in [7, 11) is 0. The lowest BCUT2D eigenvalue weighted by atomic mass is 9.62. The van der Waals surface area contributed by atoms with Crippen LogP contribution in [0.25, 0.3) is 0 Å². The molecule has 1 aliphatic carbocycles. The molecule has 26 heavy (non-hydrogen) atoms. The number of phenols is 2. The molecular weight excluding hydrogens is 334 g/mol. The number of imide groups is 1. The highest BCUT2D eigenvalue weighted by atomic mass is 16.5. The van der Waals surface area contributed by atoms with Crippen LogP contribution in [0.5, 0.6) is 11.5 Å². The van der Waals surface area contributed by atoms with Gasteiger partial charge < -0.3 is 10.2 Å². The molecule has 1 unspecified atom stereocenters. The molecule has 0 aromatic heterocycles. The SMILES string of the molecule is O=C1C2=CC=CC(c3ccc(O)cc3)(c3ccc(O)cc3)C2C(=O)N1O. The van der Waals surface area contributed by atoms with E-state index in [4.69, 9.17) is 0 Å². The van der Waals surface area contributed by atoms with Gasteiger partial charge in [-0.3, -0.25) is 14.8 Å². The molecule has 2 aromatic rings. The van der Waals surface area contributed by atoms with E-state index in [9.17, 15) is 25.0 Å². The summed E-state index contributed by atoms with van der Waals surface area (Å²) in [6.07, 6.45) is 5.00. The number of hydrogen-bond acceptors (Lipinski definition) is 5. The Hall–Kier alpha value is -3.38. The molecule has 1 saturated heterocycles. The second-order valence-electron chi connectivity index (χ2n) is 6.33. The molecule has 4 rings (SSSR count). The quantitative estimate of drug-likeness (QED) is 0.571. The molecule has 3 N–H and O–H groups in total. The van der Waals surface area contributed by atoms with Gasteiger partial charge in [-0.2, -0.15) is 5.06 Å². The number of aromatic hydroxyl groups is 2. The van der Waals surface area contributed by atoms with E-state index in [1.165, 1.54) is 30.3 Å². The number of carbonyl (C=O) groups is 2. The van der Waals surface area contributed by atoms with Gasteiger partial charge in [-0.05, 0) is 35.4 Å². The number of phenolic OH excluding ortho intramolecular Hbond substituents is 2. The van der Waals surface area contributed by atoms with Gasteiger partial charge in [0.25, 0.3) is 11.8 Å². The highest BCUT2D eigenvalue weighted by molar-refractivity contribution is 6.15. The van der Waals surface area contributed by atoms with Crippen LogP contribution in [-0.2, 0) is 15.0 Å². The highest BCUT2D eigenvalue weighted by Gasteiger charge is 2.56. The van der Waals surface area contributed by atoms with Crippen LogP contribution in [0, 0.1) is 5.92 Å². The molecule has 130 valence electrons. The number of hydrogen-bond donors (Lipinski definition) is 3. The largest absolute Gasteiger partial charge is 0.508 e. The standard InChI is InChI=1S/C20H15NO5/c22-14-7-3-12(4-8-14)20(13-5-9-15(23)10-6-13)11-1-2-16-17(20)19(25)21(26)18(16)24/h1-11,17,22-23,26H. The summed E-state index contributed by atoms with van der Waals surface area (Å²) in [6, 6.07) is 12.7. The van der Waals surface area contributed by atoms with Gasteiger partial charge in [0.05, 0.1) is 11.3 Å². The first kappa shape index (κ1) is 16.1. The summed E-state index contributed by atoms with van der Waals surface area (Å²) in [5.74, 6) is -2.26. The van der Waals surface area contributed by atoms with Gasteiger partial charge in [-0.1, -0.05) is 42.5 Å².